The second kappa shape index (κ2) is 4.09. The molecule has 3 nitrogen and oxygen atoms in total. The van der Waals surface area contributed by atoms with Crippen molar-refractivity contribution >= 4 is 5.91 Å². The Morgan fingerprint density at radius 1 is 1.47 bits per heavy atom. The predicted molar refractivity (Wildman–Crippen MR) is 53.1 cm³/mol. The number of furan rings is 1. The minimum atomic E-state index is -4.82. The van der Waals surface area contributed by atoms with Crippen molar-refractivity contribution in [2.45, 2.75) is 38.5 Å². The van der Waals surface area contributed by atoms with Crippen LogP contribution in [0.3, 0.4) is 0 Å². The Balaban J connectivity index is 2.10. The largest absolute Gasteiger partial charge is 0.471 e. The molecule has 2 rings (SSSR count). The molecule has 1 fully saturated rings. The van der Waals surface area contributed by atoms with E-state index < -0.39 is 12.1 Å². The Morgan fingerprint density at radius 3 is 2.53 bits per heavy atom. The second-order valence-corrected chi connectivity index (χ2v) is 4.17. The second-order valence-electron chi connectivity index (χ2n) is 4.17. The summed E-state index contributed by atoms with van der Waals surface area (Å²) in [4.78, 5) is 12.1. The Morgan fingerprint density at radius 2 is 2.12 bits per heavy atom. The highest BCUT2D eigenvalue weighted by atomic mass is 19.4. The number of hydrogen-bond donors (Lipinski definition) is 0. The smallest absolute Gasteiger partial charge is 0.464 e. The van der Waals surface area contributed by atoms with Gasteiger partial charge in [-0.05, 0) is 31.9 Å². The van der Waals surface area contributed by atoms with Gasteiger partial charge in [0.2, 0.25) is 0 Å². The zero-order valence-corrected chi connectivity index (χ0v) is 9.25. The van der Waals surface area contributed by atoms with E-state index in [9.17, 15) is 18.0 Å². The third-order valence-corrected chi connectivity index (χ3v) is 2.61. The molecule has 1 amide bonds. The van der Waals surface area contributed by atoms with Gasteiger partial charge in [0, 0.05) is 6.04 Å². The lowest BCUT2D eigenvalue weighted by molar-refractivity contribution is -0.187. The quantitative estimate of drug-likeness (QED) is 0.822. The molecule has 1 heterocycles. The van der Waals surface area contributed by atoms with Crippen LogP contribution in [0.25, 0.3) is 0 Å². The van der Waals surface area contributed by atoms with Gasteiger partial charge in [0.15, 0.2) is 0 Å². The van der Waals surface area contributed by atoms with E-state index in [-0.39, 0.29) is 12.6 Å². The first kappa shape index (κ1) is 12.0. The number of hydrogen-bond acceptors (Lipinski definition) is 2. The minimum Gasteiger partial charge on any atom is -0.464 e. The Kier molecular flexibility index (Phi) is 2.89. The molecule has 0 atom stereocenters. The summed E-state index contributed by atoms with van der Waals surface area (Å²) in [5, 5.41) is 0. The molecule has 1 aliphatic carbocycles. The first-order valence-electron chi connectivity index (χ1n) is 5.31. The van der Waals surface area contributed by atoms with E-state index in [1.165, 1.54) is 0 Å². The van der Waals surface area contributed by atoms with Crippen LogP contribution in [0.4, 0.5) is 13.2 Å². The predicted octanol–water partition coefficient (Wildman–Crippen LogP) is 2.64. The fraction of sp³-hybridized carbons (Fsp3) is 0.545. The highest BCUT2D eigenvalue weighted by molar-refractivity contribution is 5.82. The molecule has 1 aromatic rings. The van der Waals surface area contributed by atoms with Gasteiger partial charge in [-0.2, -0.15) is 13.2 Å². The van der Waals surface area contributed by atoms with Gasteiger partial charge in [-0.15, -0.1) is 0 Å². The van der Waals surface area contributed by atoms with Crippen molar-refractivity contribution in [3.05, 3.63) is 23.7 Å². The van der Waals surface area contributed by atoms with Crippen molar-refractivity contribution in [3.8, 4) is 0 Å². The van der Waals surface area contributed by atoms with E-state index in [4.69, 9.17) is 4.42 Å². The van der Waals surface area contributed by atoms with E-state index in [1.807, 2.05) is 0 Å². The molecule has 0 unspecified atom stereocenters. The number of halogens is 3. The fourth-order valence-corrected chi connectivity index (χ4v) is 1.65. The standard InChI is InChI=1S/C11H12F3NO2/c1-7-2-5-9(17-7)6-15(8-3-4-8)10(16)11(12,13)14/h2,5,8H,3-4,6H2,1H3. The fourth-order valence-electron chi connectivity index (χ4n) is 1.65. The Bertz CT molecular complexity index is 421. The van der Waals surface area contributed by atoms with Gasteiger partial charge in [-0.25, -0.2) is 0 Å². The third-order valence-electron chi connectivity index (χ3n) is 2.61. The van der Waals surface area contributed by atoms with Crippen molar-refractivity contribution in [1.82, 2.24) is 4.90 Å². The summed E-state index contributed by atoms with van der Waals surface area (Å²) in [7, 11) is 0. The number of nitrogens with zero attached hydrogens (tertiary/aromatic N) is 1. The molecule has 0 aromatic carbocycles. The molecule has 1 aromatic heterocycles. The van der Waals surface area contributed by atoms with Gasteiger partial charge in [0.1, 0.15) is 11.5 Å². The summed E-state index contributed by atoms with van der Waals surface area (Å²) in [5.41, 5.74) is 0. The van der Waals surface area contributed by atoms with Gasteiger partial charge in [0.25, 0.3) is 0 Å². The number of aryl methyl sites for hydroxylation is 1. The van der Waals surface area contributed by atoms with Crippen LogP contribution in [0.1, 0.15) is 24.4 Å². The summed E-state index contributed by atoms with van der Waals surface area (Å²) in [5.74, 6) is -0.781. The van der Waals surface area contributed by atoms with Gasteiger partial charge in [-0.3, -0.25) is 4.79 Å². The molecular weight excluding hydrogens is 235 g/mol. The van der Waals surface area contributed by atoms with Gasteiger partial charge < -0.3 is 9.32 Å². The van der Waals surface area contributed by atoms with Crippen molar-refractivity contribution in [3.63, 3.8) is 0 Å². The molecule has 6 heteroatoms. The zero-order valence-electron chi connectivity index (χ0n) is 9.25. The molecule has 0 N–H and O–H groups in total. The molecule has 17 heavy (non-hydrogen) atoms. The van der Waals surface area contributed by atoms with Gasteiger partial charge in [-0.1, -0.05) is 0 Å². The summed E-state index contributed by atoms with van der Waals surface area (Å²) in [6.45, 7) is 1.59. The summed E-state index contributed by atoms with van der Waals surface area (Å²) in [6.07, 6.45) is -3.56. The van der Waals surface area contributed by atoms with Crippen LogP contribution >= 0.6 is 0 Å². The van der Waals surface area contributed by atoms with Crippen molar-refractivity contribution in [2.24, 2.45) is 0 Å². The molecule has 0 bridgehead atoms. The van der Waals surface area contributed by atoms with Crippen molar-refractivity contribution < 1.29 is 22.4 Å². The van der Waals surface area contributed by atoms with Crippen molar-refractivity contribution in [1.29, 1.82) is 0 Å². The van der Waals surface area contributed by atoms with E-state index in [0.717, 1.165) is 4.90 Å². The molecule has 0 radical (unpaired) electrons. The van der Waals surface area contributed by atoms with E-state index in [2.05, 4.69) is 0 Å². The first-order chi connectivity index (χ1) is 7.88. The molecule has 1 saturated carbocycles. The first-order valence-corrected chi connectivity index (χ1v) is 5.31. The SMILES string of the molecule is Cc1ccc(CN(C(=O)C(F)(F)F)C2CC2)o1. The number of alkyl halides is 3. The molecule has 0 saturated heterocycles. The molecule has 0 aliphatic heterocycles. The number of rotatable bonds is 3. The van der Waals surface area contributed by atoms with E-state index in [0.29, 0.717) is 24.4 Å². The van der Waals surface area contributed by atoms with Gasteiger partial charge in [0.05, 0.1) is 6.54 Å². The Labute approximate surface area is 96.2 Å². The van der Waals surface area contributed by atoms with Crippen LogP contribution < -0.4 is 0 Å². The van der Waals surface area contributed by atoms with E-state index >= 15 is 0 Å². The maximum atomic E-state index is 12.4. The summed E-state index contributed by atoms with van der Waals surface area (Å²) >= 11 is 0. The average molecular weight is 247 g/mol. The van der Waals surface area contributed by atoms with Gasteiger partial charge >= 0.3 is 12.1 Å². The van der Waals surface area contributed by atoms with E-state index in [1.54, 1.807) is 19.1 Å². The monoisotopic (exact) mass is 247 g/mol. The molecule has 0 spiro atoms. The highest BCUT2D eigenvalue weighted by Crippen LogP contribution is 2.32. The van der Waals surface area contributed by atoms with Crippen LogP contribution in [0.5, 0.6) is 0 Å². The maximum Gasteiger partial charge on any atom is 0.471 e. The normalized spacial score (nSPS) is 16.0. The Hall–Kier alpha value is -1.46. The maximum absolute atomic E-state index is 12.4. The van der Waals surface area contributed by atoms with Crippen LogP contribution in [0.2, 0.25) is 0 Å². The zero-order chi connectivity index (χ0) is 12.6. The lowest BCUT2D eigenvalue weighted by Crippen LogP contribution is -2.41. The summed E-state index contributed by atoms with van der Waals surface area (Å²) in [6, 6.07) is 2.96. The topological polar surface area (TPSA) is 33.5 Å². The number of carbonyl (C=O) groups excluding carboxylic acids is 1. The van der Waals surface area contributed by atoms with Crippen LogP contribution in [-0.2, 0) is 11.3 Å². The molecular formula is C11H12F3NO2. The van der Waals surface area contributed by atoms with Crippen LogP contribution in [0, 0.1) is 6.92 Å². The number of carbonyl (C=O) groups is 1. The lowest BCUT2D eigenvalue weighted by atomic mass is 10.3. The summed E-state index contributed by atoms with van der Waals surface area (Å²) < 4.78 is 42.3. The van der Waals surface area contributed by atoms with Crippen molar-refractivity contribution in [2.75, 3.05) is 0 Å². The van der Waals surface area contributed by atoms with Crippen LogP contribution in [-0.4, -0.2) is 23.0 Å². The average Bonchev–Trinajstić information content (AvgIpc) is 2.97. The minimum absolute atomic E-state index is 0.114. The van der Waals surface area contributed by atoms with Crippen LogP contribution in [0.15, 0.2) is 16.5 Å². The highest BCUT2D eigenvalue weighted by Gasteiger charge is 2.47. The molecule has 1 aliphatic rings. The third kappa shape index (κ3) is 2.81. The lowest BCUT2D eigenvalue weighted by Gasteiger charge is -2.22. The number of amides is 1. The molecule has 94 valence electrons.